The van der Waals surface area contributed by atoms with Crippen LogP contribution in [0.4, 0.5) is 0 Å². The highest BCUT2D eigenvalue weighted by Gasteiger charge is 2.24. The van der Waals surface area contributed by atoms with E-state index in [0.717, 1.165) is 25.9 Å². The van der Waals surface area contributed by atoms with E-state index in [-0.39, 0.29) is 18.4 Å². The Morgan fingerprint density at radius 3 is 2.75 bits per heavy atom. The van der Waals surface area contributed by atoms with Crippen LogP contribution in [0.1, 0.15) is 19.3 Å². The molecule has 1 aliphatic carbocycles. The maximum Gasteiger partial charge on any atom is 0.222 e. The van der Waals surface area contributed by atoms with Gasteiger partial charge < -0.3 is 15.5 Å². The molecule has 16 heavy (non-hydrogen) atoms. The molecule has 0 aliphatic heterocycles. The average molecular weight is 224 g/mol. The Morgan fingerprint density at radius 2 is 2.25 bits per heavy atom. The fraction of sp³-hybridized carbons (Fsp3) is 0.818. The second-order valence-corrected chi connectivity index (χ2v) is 4.48. The predicted octanol–water partition coefficient (Wildman–Crippen LogP) is -0.302. The monoisotopic (exact) mass is 224 g/mol. The highest BCUT2D eigenvalue weighted by atomic mass is 16.1. The van der Waals surface area contributed by atoms with Crippen molar-refractivity contribution in [2.45, 2.75) is 31.3 Å². The number of nitrogens with zero attached hydrogens (tertiary/aromatic N) is 2. The van der Waals surface area contributed by atoms with Gasteiger partial charge in [0.25, 0.3) is 0 Å². The summed E-state index contributed by atoms with van der Waals surface area (Å²) < 4.78 is 0. The van der Waals surface area contributed by atoms with Gasteiger partial charge in [0.1, 0.15) is 6.04 Å². The SMILES string of the molecule is CN(C)CCNC(C#N)CC(=O)NC1CC1. The molecule has 1 amide bonds. The lowest BCUT2D eigenvalue weighted by Crippen LogP contribution is -2.38. The number of amides is 1. The van der Waals surface area contributed by atoms with Gasteiger partial charge in [-0.1, -0.05) is 0 Å². The van der Waals surface area contributed by atoms with Crippen LogP contribution in [0.5, 0.6) is 0 Å². The molecule has 1 rings (SSSR count). The van der Waals surface area contributed by atoms with Crippen LogP contribution >= 0.6 is 0 Å². The summed E-state index contributed by atoms with van der Waals surface area (Å²) in [4.78, 5) is 13.5. The van der Waals surface area contributed by atoms with Gasteiger partial charge in [-0.25, -0.2) is 0 Å². The summed E-state index contributed by atoms with van der Waals surface area (Å²) in [5.74, 6) is -0.0218. The van der Waals surface area contributed by atoms with Crippen molar-refractivity contribution in [1.29, 1.82) is 5.26 Å². The maximum absolute atomic E-state index is 11.4. The lowest BCUT2D eigenvalue weighted by Gasteiger charge is -2.14. The molecule has 90 valence electrons. The summed E-state index contributed by atoms with van der Waals surface area (Å²) in [6.07, 6.45) is 2.41. The van der Waals surface area contributed by atoms with E-state index in [1.165, 1.54) is 0 Å². The van der Waals surface area contributed by atoms with Gasteiger partial charge in [0.15, 0.2) is 0 Å². The molecular weight excluding hydrogens is 204 g/mol. The van der Waals surface area contributed by atoms with Gasteiger partial charge in [-0.3, -0.25) is 4.79 Å². The molecular formula is C11H20N4O. The first-order valence-corrected chi connectivity index (χ1v) is 5.69. The van der Waals surface area contributed by atoms with E-state index >= 15 is 0 Å². The van der Waals surface area contributed by atoms with Crippen molar-refractivity contribution in [1.82, 2.24) is 15.5 Å². The number of rotatable bonds is 7. The predicted molar refractivity (Wildman–Crippen MR) is 61.7 cm³/mol. The van der Waals surface area contributed by atoms with Gasteiger partial charge in [-0.05, 0) is 26.9 Å². The minimum Gasteiger partial charge on any atom is -0.353 e. The van der Waals surface area contributed by atoms with Gasteiger partial charge in [-0.15, -0.1) is 0 Å². The smallest absolute Gasteiger partial charge is 0.222 e. The standard InChI is InChI=1S/C11H20N4O/c1-15(2)6-5-13-10(8-12)7-11(16)14-9-3-4-9/h9-10,13H,3-7H2,1-2H3,(H,14,16). The first kappa shape index (κ1) is 12.9. The molecule has 0 aromatic rings. The summed E-state index contributed by atoms with van der Waals surface area (Å²) in [6.45, 7) is 1.59. The Balaban J connectivity index is 2.14. The van der Waals surface area contributed by atoms with Crippen molar-refractivity contribution >= 4 is 5.91 Å². The van der Waals surface area contributed by atoms with Crippen LogP contribution in [0.3, 0.4) is 0 Å². The highest BCUT2D eigenvalue weighted by Crippen LogP contribution is 2.18. The zero-order valence-corrected chi connectivity index (χ0v) is 9.99. The van der Waals surface area contributed by atoms with Crippen molar-refractivity contribution in [3.8, 4) is 6.07 Å². The van der Waals surface area contributed by atoms with Crippen LogP contribution in [0, 0.1) is 11.3 Å². The average Bonchev–Trinajstić information content (AvgIpc) is 2.99. The first-order chi connectivity index (χ1) is 7.61. The lowest BCUT2D eigenvalue weighted by atomic mass is 10.2. The molecule has 1 aliphatic rings. The number of hydrogen-bond donors (Lipinski definition) is 2. The van der Waals surface area contributed by atoms with Gasteiger partial charge in [-0.2, -0.15) is 5.26 Å². The van der Waals surface area contributed by atoms with Crippen LogP contribution in [0.25, 0.3) is 0 Å². The second kappa shape index (κ2) is 6.46. The van der Waals surface area contributed by atoms with E-state index in [2.05, 4.69) is 16.7 Å². The van der Waals surface area contributed by atoms with Crippen LogP contribution in [-0.2, 0) is 4.79 Å². The Morgan fingerprint density at radius 1 is 1.56 bits per heavy atom. The Hall–Kier alpha value is -1.12. The first-order valence-electron chi connectivity index (χ1n) is 5.69. The van der Waals surface area contributed by atoms with Crippen LogP contribution in [0.15, 0.2) is 0 Å². The third-order valence-corrected chi connectivity index (χ3v) is 2.44. The van der Waals surface area contributed by atoms with Crippen LogP contribution in [-0.4, -0.2) is 50.1 Å². The van der Waals surface area contributed by atoms with Crippen molar-refractivity contribution in [2.75, 3.05) is 27.2 Å². The summed E-state index contributed by atoms with van der Waals surface area (Å²) in [5, 5.41) is 14.8. The minimum absolute atomic E-state index is 0.0218. The zero-order valence-electron chi connectivity index (χ0n) is 9.99. The minimum atomic E-state index is -0.376. The molecule has 2 N–H and O–H groups in total. The van der Waals surface area contributed by atoms with Gasteiger partial charge in [0.05, 0.1) is 12.5 Å². The van der Waals surface area contributed by atoms with E-state index in [1.807, 2.05) is 19.0 Å². The molecule has 0 aromatic heterocycles. The summed E-state index contributed by atoms with van der Waals surface area (Å²) in [7, 11) is 3.95. The van der Waals surface area contributed by atoms with Crippen molar-refractivity contribution in [2.24, 2.45) is 0 Å². The molecule has 1 unspecified atom stereocenters. The third-order valence-electron chi connectivity index (χ3n) is 2.44. The molecule has 0 aromatic carbocycles. The fourth-order valence-corrected chi connectivity index (χ4v) is 1.33. The van der Waals surface area contributed by atoms with Gasteiger partial charge >= 0.3 is 0 Å². The summed E-state index contributed by atoms with van der Waals surface area (Å²) in [5.41, 5.74) is 0. The molecule has 0 saturated heterocycles. The lowest BCUT2D eigenvalue weighted by molar-refractivity contribution is -0.121. The maximum atomic E-state index is 11.4. The van der Waals surface area contributed by atoms with Crippen molar-refractivity contribution < 1.29 is 4.79 Å². The number of nitriles is 1. The van der Waals surface area contributed by atoms with E-state index in [9.17, 15) is 4.79 Å². The number of carbonyl (C=O) groups is 1. The summed E-state index contributed by atoms with van der Waals surface area (Å²) >= 11 is 0. The molecule has 5 nitrogen and oxygen atoms in total. The molecule has 0 spiro atoms. The fourth-order valence-electron chi connectivity index (χ4n) is 1.33. The largest absolute Gasteiger partial charge is 0.353 e. The van der Waals surface area contributed by atoms with Crippen molar-refractivity contribution in [3.63, 3.8) is 0 Å². The second-order valence-electron chi connectivity index (χ2n) is 4.48. The quantitative estimate of drug-likeness (QED) is 0.623. The highest BCUT2D eigenvalue weighted by molar-refractivity contribution is 5.77. The normalized spacial score (nSPS) is 16.9. The van der Waals surface area contributed by atoms with E-state index < -0.39 is 0 Å². The third kappa shape index (κ3) is 5.69. The molecule has 5 heteroatoms. The number of carbonyl (C=O) groups excluding carboxylic acids is 1. The van der Waals surface area contributed by atoms with E-state index in [0.29, 0.717) is 6.04 Å². The molecule has 1 saturated carbocycles. The Kier molecular flexibility index (Phi) is 5.23. The van der Waals surface area contributed by atoms with Crippen LogP contribution < -0.4 is 10.6 Å². The van der Waals surface area contributed by atoms with Crippen molar-refractivity contribution in [3.05, 3.63) is 0 Å². The number of hydrogen-bond acceptors (Lipinski definition) is 4. The van der Waals surface area contributed by atoms with Gasteiger partial charge in [0.2, 0.25) is 5.91 Å². The number of likely N-dealkylation sites (N-methyl/N-ethyl adjacent to an activating group) is 1. The number of nitrogens with one attached hydrogen (secondary N) is 2. The summed E-state index contributed by atoms with van der Waals surface area (Å²) in [6, 6.07) is 2.10. The Bertz CT molecular complexity index is 268. The zero-order chi connectivity index (χ0) is 12.0. The molecule has 0 bridgehead atoms. The van der Waals surface area contributed by atoms with Crippen LogP contribution in [0.2, 0.25) is 0 Å². The molecule has 0 radical (unpaired) electrons. The van der Waals surface area contributed by atoms with E-state index in [4.69, 9.17) is 5.26 Å². The van der Waals surface area contributed by atoms with E-state index in [1.54, 1.807) is 0 Å². The topological polar surface area (TPSA) is 68.2 Å². The van der Waals surface area contributed by atoms with Gasteiger partial charge in [0, 0.05) is 19.1 Å². The molecule has 0 heterocycles. The molecule has 1 atom stereocenters. The molecule has 1 fully saturated rings. The Labute approximate surface area is 96.8 Å².